The minimum absolute atomic E-state index is 0.0395. The lowest BCUT2D eigenvalue weighted by Crippen LogP contribution is -2.44. The maximum Gasteiger partial charge on any atom is 0.232 e. The molecule has 21 heavy (non-hydrogen) atoms. The topological polar surface area (TPSA) is 58.1 Å². The molecular weight excluding hydrogens is 288 g/mol. The third-order valence-electron chi connectivity index (χ3n) is 4.87. The van der Waals surface area contributed by atoms with E-state index in [0.29, 0.717) is 18.3 Å². The van der Waals surface area contributed by atoms with Crippen molar-refractivity contribution in [3.05, 3.63) is 11.5 Å². The zero-order chi connectivity index (χ0) is 15.0. The van der Waals surface area contributed by atoms with E-state index in [1.54, 1.807) is 6.20 Å². The van der Waals surface area contributed by atoms with E-state index in [4.69, 9.17) is 11.6 Å². The van der Waals surface area contributed by atoms with Gasteiger partial charge < -0.3 is 10.2 Å². The minimum atomic E-state index is -0.421. The number of nitrogens with zero attached hydrogens (tertiary/aromatic N) is 3. The third-order valence-corrected chi connectivity index (χ3v) is 5.05. The van der Waals surface area contributed by atoms with Crippen molar-refractivity contribution in [2.24, 2.45) is 5.41 Å². The van der Waals surface area contributed by atoms with E-state index in [-0.39, 0.29) is 11.2 Å². The fraction of sp³-hybridized carbons (Fsp3) is 0.667. The Kier molecular flexibility index (Phi) is 3.78. The van der Waals surface area contributed by atoms with Crippen molar-refractivity contribution in [3.63, 3.8) is 0 Å². The van der Waals surface area contributed by atoms with Crippen LogP contribution in [-0.2, 0) is 4.79 Å². The predicted octanol–water partition coefficient (Wildman–Crippen LogP) is 3.25. The van der Waals surface area contributed by atoms with Crippen molar-refractivity contribution >= 4 is 29.0 Å². The molecule has 1 aromatic rings. The van der Waals surface area contributed by atoms with E-state index in [1.165, 1.54) is 12.8 Å². The first kappa shape index (κ1) is 14.6. The summed E-state index contributed by atoms with van der Waals surface area (Å²) >= 11 is 5.98. The Hall–Kier alpha value is -1.36. The second-order valence-electron chi connectivity index (χ2n) is 6.31. The molecule has 1 fully saturated rings. The Balaban J connectivity index is 2.06. The summed E-state index contributed by atoms with van der Waals surface area (Å²) in [6, 6.07) is 0.438. The van der Waals surface area contributed by atoms with Crippen molar-refractivity contribution in [2.75, 3.05) is 16.8 Å². The molecule has 2 heterocycles. The molecule has 2 aliphatic rings. The molecule has 1 aromatic heterocycles. The number of halogens is 1. The van der Waals surface area contributed by atoms with Crippen LogP contribution in [0.15, 0.2) is 6.20 Å². The number of amides is 1. The molecule has 0 bridgehead atoms. The number of hydrogen-bond acceptors (Lipinski definition) is 4. The largest absolute Gasteiger partial charge is 0.351 e. The number of carbonyl (C=O) groups is 1. The SMILES string of the molecule is CCC1(C)CN(C2CCCC2)c2nc(Cl)ncc2NC1=O. The Labute approximate surface area is 130 Å². The molecule has 0 radical (unpaired) electrons. The van der Waals surface area contributed by atoms with Gasteiger partial charge in [0.2, 0.25) is 11.2 Å². The Morgan fingerprint density at radius 2 is 2.19 bits per heavy atom. The highest BCUT2D eigenvalue weighted by molar-refractivity contribution is 6.28. The van der Waals surface area contributed by atoms with Crippen LogP contribution >= 0.6 is 11.6 Å². The monoisotopic (exact) mass is 308 g/mol. The van der Waals surface area contributed by atoms with E-state index >= 15 is 0 Å². The number of carbonyl (C=O) groups excluding carboxylic acids is 1. The summed E-state index contributed by atoms with van der Waals surface area (Å²) in [5.41, 5.74) is 0.254. The molecule has 1 unspecified atom stereocenters. The molecule has 3 rings (SSSR count). The summed E-state index contributed by atoms with van der Waals surface area (Å²) in [6.45, 7) is 4.76. The zero-order valence-electron chi connectivity index (χ0n) is 12.5. The molecule has 1 aliphatic carbocycles. The molecule has 1 N–H and O–H groups in total. The second kappa shape index (κ2) is 5.44. The van der Waals surface area contributed by atoms with Gasteiger partial charge in [0.05, 0.1) is 11.6 Å². The Bertz CT molecular complexity index is 559. The normalized spacial score (nSPS) is 26.4. The van der Waals surface area contributed by atoms with Crippen LogP contribution in [-0.4, -0.2) is 28.5 Å². The highest BCUT2D eigenvalue weighted by Gasteiger charge is 2.40. The van der Waals surface area contributed by atoms with E-state index < -0.39 is 5.41 Å². The fourth-order valence-electron chi connectivity index (χ4n) is 3.25. The molecule has 5 nitrogen and oxygen atoms in total. The summed E-state index contributed by atoms with van der Waals surface area (Å²) < 4.78 is 0. The van der Waals surface area contributed by atoms with E-state index in [2.05, 4.69) is 27.1 Å². The number of fused-ring (bicyclic) bond motifs is 1. The molecule has 1 aliphatic heterocycles. The molecule has 0 saturated heterocycles. The van der Waals surface area contributed by atoms with Gasteiger partial charge in [-0.05, 0) is 37.8 Å². The van der Waals surface area contributed by atoms with Crippen molar-refractivity contribution in [1.82, 2.24) is 9.97 Å². The number of nitrogens with one attached hydrogen (secondary N) is 1. The first-order chi connectivity index (χ1) is 10.0. The Morgan fingerprint density at radius 3 is 2.86 bits per heavy atom. The fourth-order valence-corrected chi connectivity index (χ4v) is 3.37. The van der Waals surface area contributed by atoms with Crippen molar-refractivity contribution in [3.8, 4) is 0 Å². The van der Waals surface area contributed by atoms with Crippen LogP contribution in [0.25, 0.3) is 0 Å². The van der Waals surface area contributed by atoms with Gasteiger partial charge in [0, 0.05) is 12.6 Å². The van der Waals surface area contributed by atoms with Crippen LogP contribution in [0.3, 0.4) is 0 Å². The van der Waals surface area contributed by atoms with Gasteiger partial charge in [0.1, 0.15) is 5.69 Å². The summed E-state index contributed by atoms with van der Waals surface area (Å²) in [6.07, 6.45) is 7.17. The van der Waals surface area contributed by atoms with Crippen LogP contribution in [0, 0.1) is 5.41 Å². The lowest BCUT2D eigenvalue weighted by molar-refractivity contribution is -0.124. The molecule has 1 atom stereocenters. The van der Waals surface area contributed by atoms with E-state index in [0.717, 1.165) is 25.1 Å². The summed E-state index contributed by atoms with van der Waals surface area (Å²) in [5, 5.41) is 3.21. The van der Waals surface area contributed by atoms with E-state index in [9.17, 15) is 4.79 Å². The number of aromatic nitrogens is 2. The van der Waals surface area contributed by atoms with Gasteiger partial charge in [-0.15, -0.1) is 0 Å². The highest BCUT2D eigenvalue weighted by Crippen LogP contribution is 2.39. The quantitative estimate of drug-likeness (QED) is 0.852. The van der Waals surface area contributed by atoms with Gasteiger partial charge in [-0.3, -0.25) is 4.79 Å². The zero-order valence-corrected chi connectivity index (χ0v) is 13.3. The molecule has 1 saturated carbocycles. The lowest BCUT2D eigenvalue weighted by Gasteiger charge is -2.35. The van der Waals surface area contributed by atoms with Crippen LogP contribution in [0.2, 0.25) is 5.28 Å². The van der Waals surface area contributed by atoms with Crippen molar-refractivity contribution in [1.29, 1.82) is 0 Å². The molecule has 0 aromatic carbocycles. The molecule has 114 valence electrons. The van der Waals surface area contributed by atoms with E-state index in [1.807, 2.05) is 6.92 Å². The molecule has 1 amide bonds. The first-order valence-electron chi connectivity index (χ1n) is 7.64. The molecular formula is C15H21ClN4O. The lowest BCUT2D eigenvalue weighted by atomic mass is 9.85. The third kappa shape index (κ3) is 2.59. The number of hydrogen-bond donors (Lipinski definition) is 1. The summed E-state index contributed by atoms with van der Waals surface area (Å²) in [7, 11) is 0. The van der Waals surface area contributed by atoms with Gasteiger partial charge >= 0.3 is 0 Å². The van der Waals surface area contributed by atoms with Crippen LogP contribution in [0.1, 0.15) is 46.0 Å². The maximum absolute atomic E-state index is 12.5. The van der Waals surface area contributed by atoms with Crippen LogP contribution in [0.4, 0.5) is 11.5 Å². The van der Waals surface area contributed by atoms with Crippen LogP contribution < -0.4 is 10.2 Å². The average molecular weight is 309 g/mol. The van der Waals surface area contributed by atoms with Gasteiger partial charge in [-0.1, -0.05) is 19.8 Å². The predicted molar refractivity (Wildman–Crippen MR) is 83.7 cm³/mol. The van der Waals surface area contributed by atoms with Crippen molar-refractivity contribution < 1.29 is 4.79 Å². The second-order valence-corrected chi connectivity index (χ2v) is 6.65. The van der Waals surface area contributed by atoms with Crippen molar-refractivity contribution in [2.45, 2.75) is 52.0 Å². The number of anilines is 2. The number of rotatable bonds is 2. The summed E-state index contributed by atoms with van der Waals surface area (Å²) in [5.74, 6) is 0.810. The van der Waals surface area contributed by atoms with Gasteiger partial charge in [0.15, 0.2) is 5.82 Å². The smallest absolute Gasteiger partial charge is 0.232 e. The van der Waals surface area contributed by atoms with Gasteiger partial charge in [-0.25, -0.2) is 4.98 Å². The van der Waals surface area contributed by atoms with Gasteiger partial charge in [0.25, 0.3) is 0 Å². The molecule has 0 spiro atoms. The highest BCUT2D eigenvalue weighted by atomic mass is 35.5. The van der Waals surface area contributed by atoms with Crippen LogP contribution in [0.5, 0.6) is 0 Å². The molecule has 6 heteroatoms. The summed E-state index contributed by atoms with van der Waals surface area (Å²) in [4.78, 5) is 23.2. The first-order valence-corrected chi connectivity index (χ1v) is 8.02. The maximum atomic E-state index is 12.5. The standard InChI is InChI=1S/C15H21ClN4O/c1-3-15(2)9-20(10-6-4-5-7-10)12-11(18-13(15)21)8-17-14(16)19-12/h8,10H,3-7,9H2,1-2H3,(H,18,21). The minimum Gasteiger partial charge on any atom is -0.351 e. The van der Waals surface area contributed by atoms with Gasteiger partial charge in [-0.2, -0.15) is 4.98 Å². The Morgan fingerprint density at radius 1 is 1.48 bits per heavy atom. The average Bonchev–Trinajstić information content (AvgIpc) is 2.97.